The first-order chi connectivity index (χ1) is 11.2. The summed E-state index contributed by atoms with van der Waals surface area (Å²) in [5, 5.41) is 0. The quantitative estimate of drug-likeness (QED) is 0.760. The van der Waals surface area contributed by atoms with Gasteiger partial charge in [-0.2, -0.15) is 4.31 Å². The lowest BCUT2D eigenvalue weighted by atomic mass is 9.81. The van der Waals surface area contributed by atoms with Gasteiger partial charge in [0.1, 0.15) is 5.75 Å². The summed E-state index contributed by atoms with van der Waals surface area (Å²) in [6.07, 6.45) is 0.632. The molecule has 1 heterocycles. The van der Waals surface area contributed by atoms with Crippen LogP contribution in [0.25, 0.3) is 0 Å². The van der Waals surface area contributed by atoms with E-state index < -0.39 is 16.0 Å². The largest absolute Gasteiger partial charge is 0.482 e. The average Bonchev–Trinajstić information content (AvgIpc) is 2.55. The van der Waals surface area contributed by atoms with Crippen molar-refractivity contribution < 1.29 is 22.7 Å². The van der Waals surface area contributed by atoms with Crippen molar-refractivity contribution in [1.82, 2.24) is 4.31 Å². The fourth-order valence-electron chi connectivity index (χ4n) is 2.59. The van der Waals surface area contributed by atoms with E-state index in [2.05, 4.69) is 4.74 Å². The lowest BCUT2D eigenvalue weighted by Crippen LogP contribution is -2.53. The van der Waals surface area contributed by atoms with E-state index in [1.807, 2.05) is 13.8 Å². The number of sulfonamides is 1. The Labute approximate surface area is 154 Å². The van der Waals surface area contributed by atoms with E-state index in [-0.39, 0.29) is 35.4 Å². The summed E-state index contributed by atoms with van der Waals surface area (Å²) in [7, 11) is -2.31. The number of carbonyl (C=O) groups excluding carboxylic acids is 1. The minimum absolute atomic E-state index is 0. The van der Waals surface area contributed by atoms with Crippen LogP contribution in [0.2, 0.25) is 0 Å². The molecule has 2 N–H and O–H groups in total. The number of methoxy groups -OCH3 is 1. The summed E-state index contributed by atoms with van der Waals surface area (Å²) in [5.74, 6) is -0.0982. The molecule has 1 atom stereocenters. The van der Waals surface area contributed by atoms with Crippen LogP contribution in [0.3, 0.4) is 0 Å². The number of nitrogens with zero attached hydrogens (tertiary/aromatic N) is 1. The molecular weight excluding hydrogens is 368 g/mol. The highest BCUT2D eigenvalue weighted by molar-refractivity contribution is 7.89. The Kier molecular flexibility index (Phi) is 7.25. The van der Waals surface area contributed by atoms with E-state index in [9.17, 15) is 13.2 Å². The van der Waals surface area contributed by atoms with Crippen molar-refractivity contribution >= 4 is 28.4 Å². The highest BCUT2D eigenvalue weighted by Gasteiger charge is 2.38. The fourth-order valence-corrected chi connectivity index (χ4v) is 4.21. The average molecular weight is 393 g/mol. The second kappa shape index (κ2) is 8.35. The van der Waals surface area contributed by atoms with Gasteiger partial charge in [0.15, 0.2) is 6.61 Å². The zero-order valence-electron chi connectivity index (χ0n) is 14.6. The third-order valence-electron chi connectivity index (χ3n) is 4.32. The molecule has 1 aromatic rings. The van der Waals surface area contributed by atoms with Gasteiger partial charge in [-0.05, 0) is 36.1 Å². The van der Waals surface area contributed by atoms with Crippen molar-refractivity contribution in [2.45, 2.75) is 31.2 Å². The van der Waals surface area contributed by atoms with Crippen LogP contribution < -0.4 is 10.5 Å². The maximum atomic E-state index is 12.8. The van der Waals surface area contributed by atoms with E-state index in [0.717, 1.165) is 0 Å². The Morgan fingerprint density at radius 2 is 1.92 bits per heavy atom. The van der Waals surface area contributed by atoms with E-state index in [1.165, 1.54) is 35.7 Å². The van der Waals surface area contributed by atoms with Gasteiger partial charge >= 0.3 is 5.97 Å². The molecule has 0 aliphatic carbocycles. The second-order valence-corrected chi connectivity index (χ2v) is 8.50. The maximum Gasteiger partial charge on any atom is 0.343 e. The molecule has 0 bridgehead atoms. The van der Waals surface area contributed by atoms with Crippen LogP contribution in [0.5, 0.6) is 5.75 Å². The number of carbonyl (C=O) groups is 1. The van der Waals surface area contributed by atoms with Gasteiger partial charge < -0.3 is 15.2 Å². The molecule has 25 heavy (non-hydrogen) atoms. The van der Waals surface area contributed by atoms with Crippen LogP contribution >= 0.6 is 12.4 Å². The molecule has 0 saturated carbocycles. The van der Waals surface area contributed by atoms with Crippen LogP contribution in [0.1, 0.15) is 20.3 Å². The molecule has 0 amide bonds. The normalized spacial score (nSPS) is 20.4. The predicted octanol–water partition coefficient (Wildman–Crippen LogP) is 1.41. The lowest BCUT2D eigenvalue weighted by Gasteiger charge is -2.41. The summed E-state index contributed by atoms with van der Waals surface area (Å²) in [6, 6.07) is 5.98. The first-order valence-electron chi connectivity index (χ1n) is 7.72. The maximum absolute atomic E-state index is 12.8. The first-order valence-corrected chi connectivity index (χ1v) is 9.16. The number of esters is 1. The second-order valence-electron chi connectivity index (χ2n) is 6.56. The molecule has 1 aliphatic heterocycles. The van der Waals surface area contributed by atoms with E-state index in [4.69, 9.17) is 10.5 Å². The van der Waals surface area contributed by atoms with E-state index in [1.54, 1.807) is 0 Å². The van der Waals surface area contributed by atoms with Crippen LogP contribution in [-0.4, -0.2) is 51.5 Å². The van der Waals surface area contributed by atoms with Crippen LogP contribution in [-0.2, 0) is 19.6 Å². The molecule has 7 nitrogen and oxygen atoms in total. The summed E-state index contributed by atoms with van der Waals surface area (Å²) in [4.78, 5) is 11.2. The molecule has 142 valence electrons. The molecule has 1 saturated heterocycles. The van der Waals surface area contributed by atoms with Gasteiger partial charge in [0.05, 0.1) is 12.0 Å². The molecule has 1 unspecified atom stereocenters. The molecular formula is C16H25ClN2O5S. The molecule has 1 aliphatic rings. The monoisotopic (exact) mass is 392 g/mol. The van der Waals surface area contributed by atoms with Gasteiger partial charge in [0.2, 0.25) is 10.0 Å². The van der Waals surface area contributed by atoms with E-state index in [0.29, 0.717) is 25.3 Å². The van der Waals surface area contributed by atoms with Gasteiger partial charge in [0, 0.05) is 19.1 Å². The number of ether oxygens (including phenoxy) is 2. The van der Waals surface area contributed by atoms with Gasteiger partial charge in [-0.3, -0.25) is 0 Å². The van der Waals surface area contributed by atoms with Gasteiger partial charge in [-0.15, -0.1) is 12.4 Å². The zero-order chi connectivity index (χ0) is 18.0. The van der Waals surface area contributed by atoms with Crippen molar-refractivity contribution in [3.63, 3.8) is 0 Å². The summed E-state index contributed by atoms with van der Waals surface area (Å²) in [6.45, 7) is 4.53. The van der Waals surface area contributed by atoms with Crippen molar-refractivity contribution in [3.8, 4) is 5.75 Å². The number of hydrogen-bond acceptors (Lipinski definition) is 6. The fraction of sp³-hybridized carbons (Fsp3) is 0.562. The van der Waals surface area contributed by atoms with Gasteiger partial charge in [-0.25, -0.2) is 13.2 Å². The lowest BCUT2D eigenvalue weighted by molar-refractivity contribution is -0.142. The Morgan fingerprint density at radius 1 is 1.32 bits per heavy atom. The van der Waals surface area contributed by atoms with Gasteiger partial charge in [0.25, 0.3) is 0 Å². The Morgan fingerprint density at radius 3 is 2.44 bits per heavy atom. The highest BCUT2D eigenvalue weighted by Crippen LogP contribution is 2.31. The van der Waals surface area contributed by atoms with Crippen molar-refractivity contribution in [1.29, 1.82) is 0 Å². The Balaban J connectivity index is 0.00000312. The van der Waals surface area contributed by atoms with Crippen LogP contribution in [0.15, 0.2) is 29.2 Å². The van der Waals surface area contributed by atoms with E-state index >= 15 is 0 Å². The summed E-state index contributed by atoms with van der Waals surface area (Å²) < 4.78 is 36.7. The number of rotatable bonds is 5. The standard InChI is InChI=1S/C16H24N2O5S.ClH/c1-16(2)11-18(9-8-14(16)17)24(20,21)13-6-4-12(5-7-13)23-10-15(19)22-3;/h4-7,14H,8-11,17H2,1-3H3;1H. The number of benzene rings is 1. The number of nitrogens with two attached hydrogens (primary N) is 1. The number of piperidine rings is 1. The summed E-state index contributed by atoms with van der Waals surface area (Å²) >= 11 is 0. The smallest absolute Gasteiger partial charge is 0.343 e. The van der Waals surface area contributed by atoms with Gasteiger partial charge in [-0.1, -0.05) is 13.8 Å². The zero-order valence-corrected chi connectivity index (χ0v) is 16.2. The summed E-state index contributed by atoms with van der Waals surface area (Å²) in [5.41, 5.74) is 5.80. The number of halogens is 1. The van der Waals surface area contributed by atoms with Crippen molar-refractivity contribution in [2.75, 3.05) is 26.8 Å². The molecule has 9 heteroatoms. The first kappa shape index (κ1) is 21.7. The molecule has 2 rings (SSSR count). The molecule has 0 aromatic heterocycles. The molecule has 1 fully saturated rings. The Bertz CT molecular complexity index is 691. The van der Waals surface area contributed by atoms with Crippen LogP contribution in [0.4, 0.5) is 0 Å². The number of hydrogen-bond donors (Lipinski definition) is 1. The van der Waals surface area contributed by atoms with Crippen LogP contribution in [0, 0.1) is 5.41 Å². The van der Waals surface area contributed by atoms with Crippen molar-refractivity contribution in [3.05, 3.63) is 24.3 Å². The molecule has 1 aromatic carbocycles. The highest BCUT2D eigenvalue weighted by atomic mass is 35.5. The molecule has 0 radical (unpaired) electrons. The topological polar surface area (TPSA) is 98.9 Å². The minimum atomic E-state index is -3.58. The predicted molar refractivity (Wildman–Crippen MR) is 96.3 cm³/mol. The third kappa shape index (κ3) is 5.07. The third-order valence-corrected chi connectivity index (χ3v) is 6.18. The van der Waals surface area contributed by atoms with Crippen molar-refractivity contribution in [2.24, 2.45) is 11.1 Å². The minimum Gasteiger partial charge on any atom is -0.482 e. The SMILES string of the molecule is COC(=O)COc1ccc(S(=O)(=O)N2CCC(N)C(C)(C)C2)cc1.Cl. The molecule has 0 spiro atoms. The Hall–Kier alpha value is -1.35.